The molecule has 0 bridgehead atoms. The molecule has 0 saturated heterocycles. The topological polar surface area (TPSA) is 78.9 Å². The Balaban J connectivity index is 4.28. The molecule has 0 aromatic carbocycles. The van der Waals surface area contributed by atoms with E-state index in [0.717, 1.165) is 57.8 Å². The zero-order valence-corrected chi connectivity index (χ0v) is 46.9. The molecule has 6 nitrogen and oxygen atoms in total. The summed E-state index contributed by atoms with van der Waals surface area (Å²) in [5.74, 6) is -0.837. The molecule has 1 atom stereocenters. The highest BCUT2D eigenvalue weighted by molar-refractivity contribution is 5.71. The zero-order valence-electron chi connectivity index (χ0n) is 46.9. The molecule has 1 unspecified atom stereocenters. The summed E-state index contributed by atoms with van der Waals surface area (Å²) in [5, 5.41) is 0. The molecule has 0 aliphatic heterocycles. The van der Waals surface area contributed by atoms with Crippen LogP contribution >= 0.6 is 0 Å². The van der Waals surface area contributed by atoms with Gasteiger partial charge in [-0.05, 0) is 44.9 Å². The molecule has 0 heterocycles. The first-order valence-corrected chi connectivity index (χ1v) is 31.2. The predicted molar refractivity (Wildman–Crippen MR) is 298 cm³/mol. The number of hydrogen-bond acceptors (Lipinski definition) is 6. The highest BCUT2D eigenvalue weighted by Gasteiger charge is 2.19. The van der Waals surface area contributed by atoms with E-state index in [1.807, 2.05) is 0 Å². The van der Waals surface area contributed by atoms with Gasteiger partial charge in [-0.15, -0.1) is 0 Å². The Kier molecular flexibility index (Phi) is 57.1. The summed E-state index contributed by atoms with van der Waals surface area (Å²) in [4.78, 5) is 38.2. The Morgan fingerprint density at radius 1 is 0.275 bits per heavy atom. The highest BCUT2D eigenvalue weighted by atomic mass is 16.6. The van der Waals surface area contributed by atoms with Gasteiger partial charge in [0.05, 0.1) is 0 Å². The summed E-state index contributed by atoms with van der Waals surface area (Å²) in [7, 11) is 0. The number of carbonyl (C=O) groups excluding carboxylic acids is 3. The lowest BCUT2D eigenvalue weighted by atomic mass is 10.0. The van der Waals surface area contributed by atoms with E-state index in [9.17, 15) is 14.4 Å². The fourth-order valence-electron chi connectivity index (χ4n) is 9.56. The molecule has 0 saturated carbocycles. The molecular formula is C63H120O6. The van der Waals surface area contributed by atoms with Gasteiger partial charge in [0.1, 0.15) is 13.2 Å². The summed E-state index contributed by atoms with van der Waals surface area (Å²) in [6.45, 7) is 6.70. The lowest BCUT2D eigenvalue weighted by Crippen LogP contribution is -2.30. The lowest BCUT2D eigenvalue weighted by Gasteiger charge is -2.18. The first-order chi connectivity index (χ1) is 34.0. The third-order valence-corrected chi connectivity index (χ3v) is 14.3. The van der Waals surface area contributed by atoms with Crippen LogP contribution in [0.25, 0.3) is 0 Å². The second-order valence-electron chi connectivity index (χ2n) is 21.3. The first kappa shape index (κ1) is 67.1. The normalized spacial score (nSPS) is 12.0. The molecule has 0 spiro atoms. The van der Waals surface area contributed by atoms with Crippen molar-refractivity contribution in [3.8, 4) is 0 Å². The first-order valence-electron chi connectivity index (χ1n) is 31.2. The molecule has 0 rings (SSSR count). The minimum Gasteiger partial charge on any atom is -0.462 e. The number of carbonyl (C=O) groups is 3. The van der Waals surface area contributed by atoms with Crippen molar-refractivity contribution >= 4 is 17.9 Å². The van der Waals surface area contributed by atoms with Gasteiger partial charge in [0.15, 0.2) is 6.10 Å². The minimum atomic E-state index is -0.766. The Morgan fingerprint density at radius 2 is 0.478 bits per heavy atom. The lowest BCUT2D eigenvalue weighted by molar-refractivity contribution is -0.167. The number of esters is 3. The molecule has 6 heteroatoms. The van der Waals surface area contributed by atoms with Crippen molar-refractivity contribution in [2.75, 3.05) is 13.2 Å². The van der Waals surface area contributed by atoms with E-state index in [-0.39, 0.29) is 31.1 Å². The maximum Gasteiger partial charge on any atom is 0.306 e. The average Bonchev–Trinajstić information content (AvgIpc) is 3.35. The van der Waals surface area contributed by atoms with E-state index >= 15 is 0 Å². The van der Waals surface area contributed by atoms with Crippen LogP contribution in [0.15, 0.2) is 12.2 Å². The number of hydrogen-bond donors (Lipinski definition) is 0. The average molecular weight is 974 g/mol. The van der Waals surface area contributed by atoms with Gasteiger partial charge in [0.25, 0.3) is 0 Å². The van der Waals surface area contributed by atoms with Crippen molar-refractivity contribution in [3.63, 3.8) is 0 Å². The Labute approximate surface area is 431 Å². The molecular weight excluding hydrogens is 853 g/mol. The zero-order chi connectivity index (χ0) is 50.0. The van der Waals surface area contributed by atoms with Gasteiger partial charge in [0, 0.05) is 19.3 Å². The smallest absolute Gasteiger partial charge is 0.306 e. The summed E-state index contributed by atoms with van der Waals surface area (Å²) in [6, 6.07) is 0. The molecule has 0 radical (unpaired) electrons. The summed E-state index contributed by atoms with van der Waals surface area (Å²) < 4.78 is 16.9. The Hall–Kier alpha value is -1.85. The third-order valence-electron chi connectivity index (χ3n) is 14.3. The van der Waals surface area contributed by atoms with Gasteiger partial charge in [-0.25, -0.2) is 0 Å². The third kappa shape index (κ3) is 56.9. The van der Waals surface area contributed by atoms with Crippen LogP contribution < -0.4 is 0 Å². The van der Waals surface area contributed by atoms with Crippen molar-refractivity contribution in [2.45, 2.75) is 361 Å². The number of rotatable bonds is 58. The standard InChI is InChI=1S/C63H120O6/c1-4-7-10-13-16-19-22-25-27-29-31-33-35-38-41-44-47-50-53-56-62(65)68-59-60(58-67-61(64)55-52-49-46-43-40-37-24-21-18-15-12-9-6-3)69-63(66)57-54-51-48-45-42-39-36-34-32-30-28-26-23-20-17-14-11-8-5-2/h26,28,60H,4-25,27,29-59H2,1-3H3/b28-26+. The van der Waals surface area contributed by atoms with Gasteiger partial charge in [0.2, 0.25) is 0 Å². The SMILES string of the molecule is CCCCCCCC/C=C/CCCCCCCCCCCC(=O)OC(COC(=O)CCCCCCCCCCCCCCC)COC(=O)CCCCCCCCCCCCCCCCCCCCC. The molecule has 408 valence electrons. The van der Waals surface area contributed by atoms with E-state index in [1.165, 1.54) is 257 Å². The molecule has 0 aliphatic carbocycles. The molecule has 0 aliphatic rings. The molecule has 0 aromatic rings. The van der Waals surface area contributed by atoms with Crippen LogP contribution in [0.3, 0.4) is 0 Å². The van der Waals surface area contributed by atoms with E-state index in [0.29, 0.717) is 19.3 Å². The van der Waals surface area contributed by atoms with Crippen molar-refractivity contribution < 1.29 is 28.6 Å². The minimum absolute atomic E-state index is 0.0643. The van der Waals surface area contributed by atoms with Crippen molar-refractivity contribution in [1.29, 1.82) is 0 Å². The highest BCUT2D eigenvalue weighted by Crippen LogP contribution is 2.18. The number of allylic oxidation sites excluding steroid dienone is 2. The largest absolute Gasteiger partial charge is 0.462 e. The van der Waals surface area contributed by atoms with Crippen LogP contribution in [-0.2, 0) is 28.6 Å². The molecule has 0 fully saturated rings. The van der Waals surface area contributed by atoms with Crippen LogP contribution in [0.4, 0.5) is 0 Å². The molecule has 0 N–H and O–H groups in total. The molecule has 69 heavy (non-hydrogen) atoms. The molecule has 0 amide bonds. The monoisotopic (exact) mass is 973 g/mol. The maximum atomic E-state index is 12.9. The van der Waals surface area contributed by atoms with Gasteiger partial charge in [-0.3, -0.25) is 14.4 Å². The second kappa shape index (κ2) is 58.7. The van der Waals surface area contributed by atoms with Crippen LogP contribution in [0.2, 0.25) is 0 Å². The summed E-state index contributed by atoms with van der Waals surface area (Å²) in [5.41, 5.74) is 0. The molecule has 0 aromatic heterocycles. The van der Waals surface area contributed by atoms with Crippen molar-refractivity contribution in [3.05, 3.63) is 12.2 Å². The van der Waals surface area contributed by atoms with E-state index in [2.05, 4.69) is 32.9 Å². The number of ether oxygens (including phenoxy) is 3. The fourth-order valence-corrected chi connectivity index (χ4v) is 9.56. The quantitative estimate of drug-likeness (QED) is 0.0261. The van der Waals surface area contributed by atoms with E-state index in [4.69, 9.17) is 14.2 Å². The fraction of sp³-hybridized carbons (Fsp3) is 0.921. The van der Waals surface area contributed by atoms with E-state index < -0.39 is 6.10 Å². The van der Waals surface area contributed by atoms with E-state index in [1.54, 1.807) is 0 Å². The number of unbranched alkanes of at least 4 members (excludes halogenated alkanes) is 45. The van der Waals surface area contributed by atoms with Crippen LogP contribution in [0.5, 0.6) is 0 Å². The van der Waals surface area contributed by atoms with Crippen molar-refractivity contribution in [2.24, 2.45) is 0 Å². The Morgan fingerprint density at radius 3 is 0.725 bits per heavy atom. The summed E-state index contributed by atoms with van der Waals surface area (Å²) >= 11 is 0. The summed E-state index contributed by atoms with van der Waals surface area (Å²) in [6.07, 6.45) is 67.8. The predicted octanol–water partition coefficient (Wildman–Crippen LogP) is 20.9. The van der Waals surface area contributed by atoms with Gasteiger partial charge < -0.3 is 14.2 Å². The van der Waals surface area contributed by atoms with Crippen LogP contribution in [0, 0.1) is 0 Å². The van der Waals surface area contributed by atoms with Gasteiger partial charge >= 0.3 is 17.9 Å². The second-order valence-corrected chi connectivity index (χ2v) is 21.3. The Bertz CT molecular complexity index is 1070. The van der Waals surface area contributed by atoms with Crippen molar-refractivity contribution in [1.82, 2.24) is 0 Å². The van der Waals surface area contributed by atoms with Gasteiger partial charge in [-0.1, -0.05) is 303 Å². The van der Waals surface area contributed by atoms with Crippen LogP contribution in [0.1, 0.15) is 355 Å². The van der Waals surface area contributed by atoms with Gasteiger partial charge in [-0.2, -0.15) is 0 Å². The maximum absolute atomic E-state index is 12.9. The van der Waals surface area contributed by atoms with Crippen LogP contribution in [-0.4, -0.2) is 37.2 Å².